The summed E-state index contributed by atoms with van der Waals surface area (Å²) in [4.78, 5) is 14.9. The van der Waals surface area contributed by atoms with E-state index in [1.807, 2.05) is 42.5 Å². The second-order valence-corrected chi connectivity index (χ2v) is 7.68. The fourth-order valence-electron chi connectivity index (χ4n) is 3.29. The number of carbonyl (C=O) groups excluding carboxylic acids is 1. The van der Waals surface area contributed by atoms with Crippen LogP contribution >= 0.6 is 23.2 Å². The van der Waals surface area contributed by atoms with Gasteiger partial charge in [0.25, 0.3) is 0 Å². The number of hydrogen-bond acceptors (Lipinski definition) is 3. The van der Waals surface area contributed by atoms with E-state index in [-0.39, 0.29) is 11.8 Å². The Hall–Kier alpha value is -2.01. The summed E-state index contributed by atoms with van der Waals surface area (Å²) in [6, 6.07) is 13.0. The Kier molecular flexibility index (Phi) is 7.37. The van der Waals surface area contributed by atoms with Crippen molar-refractivity contribution in [3.05, 3.63) is 70.7 Å². The molecule has 1 aliphatic rings. The van der Waals surface area contributed by atoms with E-state index in [0.29, 0.717) is 23.2 Å². The smallest absolute Gasteiger partial charge is 0.227 e. The van der Waals surface area contributed by atoms with Crippen molar-refractivity contribution >= 4 is 34.8 Å². The molecule has 0 spiro atoms. The van der Waals surface area contributed by atoms with Crippen molar-refractivity contribution in [1.29, 1.82) is 0 Å². The molecule has 0 radical (unpaired) electrons. The lowest BCUT2D eigenvalue weighted by atomic mass is 9.95. The average Bonchev–Trinajstić information content (AvgIpc) is 2.71. The third kappa shape index (κ3) is 5.51. The number of nitrogens with zero attached hydrogens (tertiary/aromatic N) is 1. The van der Waals surface area contributed by atoms with Crippen LogP contribution in [0.2, 0.25) is 10.0 Å². The monoisotopic (exact) mass is 418 g/mol. The molecule has 0 aromatic heterocycles. The summed E-state index contributed by atoms with van der Waals surface area (Å²) in [6.45, 7) is 6.47. The number of amides is 1. The van der Waals surface area contributed by atoms with Crippen molar-refractivity contribution in [1.82, 2.24) is 4.90 Å². The number of ether oxygens (including phenoxy) is 1. The van der Waals surface area contributed by atoms with Gasteiger partial charge in [-0.3, -0.25) is 9.69 Å². The van der Waals surface area contributed by atoms with Crippen LogP contribution in [-0.2, 0) is 11.3 Å². The molecule has 1 heterocycles. The van der Waals surface area contributed by atoms with Crippen molar-refractivity contribution < 1.29 is 9.53 Å². The van der Waals surface area contributed by atoms with Crippen LogP contribution in [0, 0.1) is 5.92 Å². The second-order valence-electron chi connectivity index (χ2n) is 6.86. The largest absolute Gasteiger partial charge is 0.490 e. The van der Waals surface area contributed by atoms with Crippen molar-refractivity contribution in [2.45, 2.75) is 19.4 Å². The van der Waals surface area contributed by atoms with Gasteiger partial charge in [-0.05, 0) is 62.3 Å². The Morgan fingerprint density at radius 2 is 1.79 bits per heavy atom. The van der Waals surface area contributed by atoms with Gasteiger partial charge in [-0.2, -0.15) is 0 Å². The maximum atomic E-state index is 12.6. The molecule has 1 amide bonds. The molecule has 148 valence electrons. The van der Waals surface area contributed by atoms with Crippen LogP contribution in [0.3, 0.4) is 0 Å². The molecule has 6 heteroatoms. The third-order valence-corrected chi connectivity index (χ3v) is 5.60. The van der Waals surface area contributed by atoms with E-state index in [2.05, 4.69) is 16.8 Å². The standard InChI is InChI=1S/C22H24Cl2N2O2/c1-2-14-28-18-8-6-17(7-9-18)25-22(27)16-10-12-26(13-11-16)15-19-20(23)4-3-5-21(19)24/h2-9,16H,1,10-15H2,(H,25,27). The molecular weight excluding hydrogens is 395 g/mol. The number of anilines is 1. The van der Waals surface area contributed by atoms with Crippen LogP contribution in [0.4, 0.5) is 5.69 Å². The van der Waals surface area contributed by atoms with Gasteiger partial charge in [0.15, 0.2) is 0 Å². The van der Waals surface area contributed by atoms with Gasteiger partial charge >= 0.3 is 0 Å². The lowest BCUT2D eigenvalue weighted by molar-refractivity contribution is -0.121. The molecule has 2 aromatic rings. The maximum Gasteiger partial charge on any atom is 0.227 e. The van der Waals surface area contributed by atoms with Gasteiger partial charge in [0.05, 0.1) is 0 Å². The zero-order valence-electron chi connectivity index (χ0n) is 15.7. The van der Waals surface area contributed by atoms with Crippen molar-refractivity contribution in [2.75, 3.05) is 25.0 Å². The van der Waals surface area contributed by atoms with E-state index in [1.54, 1.807) is 6.08 Å². The summed E-state index contributed by atoms with van der Waals surface area (Å²) in [7, 11) is 0. The van der Waals surface area contributed by atoms with E-state index >= 15 is 0 Å². The van der Waals surface area contributed by atoms with Crippen LogP contribution in [0.25, 0.3) is 0 Å². The maximum absolute atomic E-state index is 12.6. The van der Waals surface area contributed by atoms with E-state index in [0.717, 1.165) is 42.9 Å². The van der Waals surface area contributed by atoms with Gasteiger partial charge in [0.2, 0.25) is 5.91 Å². The summed E-state index contributed by atoms with van der Waals surface area (Å²) < 4.78 is 5.45. The highest BCUT2D eigenvalue weighted by molar-refractivity contribution is 6.35. The Bertz CT molecular complexity index is 796. The van der Waals surface area contributed by atoms with Gasteiger partial charge < -0.3 is 10.1 Å². The number of likely N-dealkylation sites (tertiary alicyclic amines) is 1. The minimum atomic E-state index is 0.00894. The molecule has 0 unspecified atom stereocenters. The Balaban J connectivity index is 1.49. The topological polar surface area (TPSA) is 41.6 Å². The predicted octanol–water partition coefficient (Wildman–Crippen LogP) is 5.41. The van der Waals surface area contributed by atoms with Crippen LogP contribution < -0.4 is 10.1 Å². The molecule has 28 heavy (non-hydrogen) atoms. The zero-order valence-corrected chi connectivity index (χ0v) is 17.2. The molecular formula is C22H24Cl2N2O2. The zero-order chi connectivity index (χ0) is 19.9. The lowest BCUT2D eigenvalue weighted by Gasteiger charge is -2.31. The van der Waals surface area contributed by atoms with Crippen molar-refractivity contribution in [3.8, 4) is 5.75 Å². The minimum absolute atomic E-state index is 0.00894. The molecule has 0 aliphatic carbocycles. The molecule has 0 atom stereocenters. The summed E-state index contributed by atoms with van der Waals surface area (Å²) >= 11 is 12.5. The Morgan fingerprint density at radius 1 is 1.14 bits per heavy atom. The third-order valence-electron chi connectivity index (χ3n) is 4.89. The molecule has 1 saturated heterocycles. The number of carbonyl (C=O) groups is 1. The van der Waals surface area contributed by atoms with Crippen LogP contribution in [-0.4, -0.2) is 30.5 Å². The van der Waals surface area contributed by atoms with E-state index in [4.69, 9.17) is 27.9 Å². The molecule has 2 aromatic carbocycles. The second kappa shape index (κ2) is 9.97. The quantitative estimate of drug-likeness (QED) is 0.611. The first-order valence-corrected chi connectivity index (χ1v) is 10.1. The fraction of sp³-hybridized carbons (Fsp3) is 0.318. The molecule has 4 nitrogen and oxygen atoms in total. The van der Waals surface area contributed by atoms with Crippen LogP contribution in [0.1, 0.15) is 18.4 Å². The number of nitrogens with one attached hydrogen (secondary N) is 1. The number of benzene rings is 2. The molecule has 3 rings (SSSR count). The van der Waals surface area contributed by atoms with Gasteiger partial charge in [-0.1, -0.05) is 41.9 Å². The first kappa shape index (κ1) is 20.7. The van der Waals surface area contributed by atoms with E-state index in [9.17, 15) is 4.79 Å². The average molecular weight is 419 g/mol. The van der Waals surface area contributed by atoms with Crippen LogP contribution in [0.5, 0.6) is 5.75 Å². The highest BCUT2D eigenvalue weighted by Crippen LogP contribution is 2.28. The normalized spacial score (nSPS) is 15.2. The summed E-state index contributed by atoms with van der Waals surface area (Å²) in [5, 5.41) is 4.38. The van der Waals surface area contributed by atoms with E-state index in [1.165, 1.54) is 0 Å². The predicted molar refractivity (Wildman–Crippen MR) is 115 cm³/mol. The van der Waals surface area contributed by atoms with E-state index < -0.39 is 0 Å². The highest BCUT2D eigenvalue weighted by atomic mass is 35.5. The number of halogens is 2. The van der Waals surface area contributed by atoms with Crippen LogP contribution in [0.15, 0.2) is 55.1 Å². The Morgan fingerprint density at radius 3 is 2.39 bits per heavy atom. The number of hydrogen-bond donors (Lipinski definition) is 1. The van der Waals surface area contributed by atoms with Gasteiger partial charge in [0.1, 0.15) is 12.4 Å². The first-order valence-electron chi connectivity index (χ1n) is 9.36. The van der Waals surface area contributed by atoms with Gasteiger partial charge in [0, 0.05) is 33.8 Å². The van der Waals surface area contributed by atoms with Crippen molar-refractivity contribution in [2.24, 2.45) is 5.92 Å². The molecule has 0 saturated carbocycles. The lowest BCUT2D eigenvalue weighted by Crippen LogP contribution is -2.37. The SMILES string of the molecule is C=CCOc1ccc(NC(=O)C2CCN(Cc3c(Cl)cccc3Cl)CC2)cc1. The molecule has 1 fully saturated rings. The van der Waals surface area contributed by atoms with Gasteiger partial charge in [-0.25, -0.2) is 0 Å². The van der Waals surface area contributed by atoms with Crippen molar-refractivity contribution in [3.63, 3.8) is 0 Å². The summed E-state index contributed by atoms with van der Waals surface area (Å²) in [5.41, 5.74) is 1.73. The fourth-order valence-corrected chi connectivity index (χ4v) is 3.81. The summed E-state index contributed by atoms with van der Waals surface area (Å²) in [5.74, 6) is 0.828. The highest BCUT2D eigenvalue weighted by Gasteiger charge is 2.25. The minimum Gasteiger partial charge on any atom is -0.490 e. The molecule has 0 bridgehead atoms. The Labute approximate surface area is 176 Å². The molecule has 1 N–H and O–H groups in total. The first-order chi connectivity index (χ1) is 13.6. The molecule has 1 aliphatic heterocycles. The number of piperidine rings is 1. The van der Waals surface area contributed by atoms with Gasteiger partial charge in [-0.15, -0.1) is 0 Å². The summed E-state index contributed by atoms with van der Waals surface area (Å²) in [6.07, 6.45) is 3.32. The number of rotatable bonds is 7.